The molecule has 0 aromatic heterocycles. The number of ether oxygens (including phenoxy) is 2. The number of aryl methyl sites for hydroxylation is 1. The fourth-order valence-corrected chi connectivity index (χ4v) is 3.57. The molecule has 0 aliphatic carbocycles. The second-order valence-corrected chi connectivity index (χ2v) is 8.87. The molecule has 34 heavy (non-hydrogen) atoms. The Morgan fingerprint density at radius 2 is 1.50 bits per heavy atom. The van der Waals surface area contributed by atoms with Crippen molar-refractivity contribution in [3.05, 3.63) is 84.0 Å². The molecule has 4 nitrogen and oxygen atoms in total. The van der Waals surface area contributed by atoms with Gasteiger partial charge in [0.2, 0.25) is 0 Å². The van der Waals surface area contributed by atoms with Crippen LogP contribution in [0.25, 0.3) is 11.1 Å². The van der Waals surface area contributed by atoms with Crippen molar-refractivity contribution in [1.29, 1.82) is 0 Å². The number of carbonyl (C=O) groups excluding carboxylic acids is 2. The summed E-state index contributed by atoms with van der Waals surface area (Å²) < 4.78 is 10.8. The van der Waals surface area contributed by atoms with Gasteiger partial charge in [-0.3, -0.25) is 0 Å². The van der Waals surface area contributed by atoms with Crippen LogP contribution in [-0.4, -0.2) is 30.4 Å². The monoisotopic (exact) mass is 480 g/mol. The minimum atomic E-state index is -0.485. The van der Waals surface area contributed by atoms with Crippen LogP contribution in [0.15, 0.2) is 72.8 Å². The minimum Gasteiger partial charge on any atom is -0.462 e. The summed E-state index contributed by atoms with van der Waals surface area (Å²) in [5, 5.41) is 0. The number of rotatable bonds is 14. The molecule has 1 atom stereocenters. The van der Waals surface area contributed by atoms with Gasteiger partial charge in [-0.2, -0.15) is 12.6 Å². The molecule has 0 amide bonds. The summed E-state index contributed by atoms with van der Waals surface area (Å²) in [5.41, 5.74) is 5.34. The first-order valence-corrected chi connectivity index (χ1v) is 12.5. The number of carbonyl (C=O) groups is 2. The number of benzene rings is 2. The average molecular weight is 481 g/mol. The Morgan fingerprint density at radius 3 is 2.03 bits per heavy atom. The Morgan fingerprint density at radius 1 is 0.912 bits per heavy atom. The number of hydrogen-bond acceptors (Lipinski definition) is 5. The average Bonchev–Trinajstić information content (AvgIpc) is 2.84. The van der Waals surface area contributed by atoms with Crippen LogP contribution in [0.2, 0.25) is 0 Å². The quantitative estimate of drug-likeness (QED) is 0.144. The van der Waals surface area contributed by atoms with Crippen molar-refractivity contribution in [3.8, 4) is 11.1 Å². The first kappa shape index (κ1) is 27.5. The zero-order valence-corrected chi connectivity index (χ0v) is 21.2. The van der Waals surface area contributed by atoms with Crippen molar-refractivity contribution in [2.24, 2.45) is 0 Å². The Kier molecular flexibility index (Phi) is 11.7. The summed E-state index contributed by atoms with van der Waals surface area (Å²) in [4.78, 5) is 23.9. The van der Waals surface area contributed by atoms with Gasteiger partial charge >= 0.3 is 11.9 Å². The summed E-state index contributed by atoms with van der Waals surface area (Å²) in [6.07, 6.45) is 5.30. The molecule has 2 aromatic carbocycles. The van der Waals surface area contributed by atoms with Gasteiger partial charge in [0, 0.05) is 29.7 Å². The third-order valence-corrected chi connectivity index (χ3v) is 5.93. The van der Waals surface area contributed by atoms with E-state index in [-0.39, 0.29) is 12.4 Å². The molecule has 0 N–H and O–H groups in total. The summed E-state index contributed by atoms with van der Waals surface area (Å²) in [6, 6.07) is 17.0. The highest BCUT2D eigenvalue weighted by molar-refractivity contribution is 7.80. The van der Waals surface area contributed by atoms with Crippen LogP contribution in [0.1, 0.15) is 50.7 Å². The Balaban J connectivity index is 2.00. The lowest BCUT2D eigenvalue weighted by Crippen LogP contribution is -2.24. The van der Waals surface area contributed by atoms with E-state index in [0.717, 1.165) is 17.5 Å². The van der Waals surface area contributed by atoms with Gasteiger partial charge in [-0.05, 0) is 42.0 Å². The summed E-state index contributed by atoms with van der Waals surface area (Å²) in [5.74, 6) is -0.701. The molecule has 0 spiro atoms. The number of unbranched alkanes of at least 4 members (excludes halogenated alkanes) is 2. The maximum Gasteiger partial charge on any atom is 0.334 e. The normalized spacial score (nSPS) is 11.5. The van der Waals surface area contributed by atoms with Crippen molar-refractivity contribution in [1.82, 2.24) is 0 Å². The highest BCUT2D eigenvalue weighted by atomic mass is 32.1. The molecular weight excluding hydrogens is 444 g/mol. The molecule has 0 saturated heterocycles. The molecule has 0 saturated carbocycles. The SMILES string of the molecule is C=C(C)C(=O)OC(CCOC(=O)C(=C)CS)Cc1ccc(-c2ccc(CCCCC)cc2)cc1. The third-order valence-electron chi connectivity index (χ3n) is 5.55. The second kappa shape index (κ2) is 14.5. The first-order chi connectivity index (χ1) is 16.3. The van der Waals surface area contributed by atoms with E-state index < -0.39 is 18.0 Å². The van der Waals surface area contributed by atoms with Gasteiger partial charge in [0.25, 0.3) is 0 Å². The van der Waals surface area contributed by atoms with Crippen LogP contribution >= 0.6 is 12.6 Å². The van der Waals surface area contributed by atoms with Gasteiger partial charge in [0.1, 0.15) is 6.10 Å². The summed E-state index contributed by atoms with van der Waals surface area (Å²) in [7, 11) is 0. The lowest BCUT2D eigenvalue weighted by atomic mass is 9.99. The fourth-order valence-electron chi connectivity index (χ4n) is 3.44. The molecule has 0 aliphatic heterocycles. The van der Waals surface area contributed by atoms with E-state index >= 15 is 0 Å². The highest BCUT2D eigenvalue weighted by Gasteiger charge is 2.17. The molecule has 0 bridgehead atoms. The van der Waals surface area contributed by atoms with E-state index in [1.807, 2.05) is 12.1 Å². The van der Waals surface area contributed by atoms with Gasteiger partial charge in [0.15, 0.2) is 0 Å². The van der Waals surface area contributed by atoms with Gasteiger partial charge in [-0.15, -0.1) is 0 Å². The van der Waals surface area contributed by atoms with Crippen LogP contribution in [-0.2, 0) is 31.9 Å². The largest absolute Gasteiger partial charge is 0.462 e. The molecule has 0 heterocycles. The van der Waals surface area contributed by atoms with Crippen molar-refractivity contribution < 1.29 is 19.1 Å². The van der Waals surface area contributed by atoms with E-state index in [2.05, 4.69) is 69.1 Å². The topological polar surface area (TPSA) is 52.6 Å². The summed E-state index contributed by atoms with van der Waals surface area (Å²) >= 11 is 4.03. The Hall–Kier alpha value is -2.79. The van der Waals surface area contributed by atoms with Crippen molar-refractivity contribution in [3.63, 3.8) is 0 Å². The molecule has 0 fully saturated rings. The fraction of sp³-hybridized carbons (Fsp3) is 0.379. The Labute approximate surface area is 209 Å². The molecule has 1 unspecified atom stereocenters. The zero-order chi connectivity index (χ0) is 24.9. The van der Waals surface area contributed by atoms with Crippen LogP contribution in [0.5, 0.6) is 0 Å². The van der Waals surface area contributed by atoms with Crippen LogP contribution in [0.3, 0.4) is 0 Å². The lowest BCUT2D eigenvalue weighted by molar-refractivity contribution is -0.146. The van der Waals surface area contributed by atoms with Crippen molar-refractivity contribution >= 4 is 24.6 Å². The van der Waals surface area contributed by atoms with Crippen LogP contribution < -0.4 is 0 Å². The minimum absolute atomic E-state index is 0.127. The maximum absolute atomic E-state index is 12.1. The van der Waals surface area contributed by atoms with Crippen LogP contribution in [0.4, 0.5) is 0 Å². The number of hydrogen-bond donors (Lipinski definition) is 1. The van der Waals surface area contributed by atoms with E-state index in [9.17, 15) is 9.59 Å². The van der Waals surface area contributed by atoms with Crippen LogP contribution in [0, 0.1) is 0 Å². The first-order valence-electron chi connectivity index (χ1n) is 11.8. The molecular formula is C29H36O4S. The summed E-state index contributed by atoms with van der Waals surface area (Å²) in [6.45, 7) is 11.2. The number of esters is 2. The van der Waals surface area contributed by atoms with E-state index in [1.165, 1.54) is 30.4 Å². The van der Waals surface area contributed by atoms with E-state index in [4.69, 9.17) is 9.47 Å². The predicted molar refractivity (Wildman–Crippen MR) is 142 cm³/mol. The van der Waals surface area contributed by atoms with Gasteiger partial charge in [0.05, 0.1) is 6.61 Å². The number of thiol groups is 1. The predicted octanol–water partition coefficient (Wildman–Crippen LogP) is 6.54. The van der Waals surface area contributed by atoms with Gasteiger partial charge in [-0.25, -0.2) is 9.59 Å². The molecule has 182 valence electrons. The zero-order valence-electron chi connectivity index (χ0n) is 20.3. The lowest BCUT2D eigenvalue weighted by Gasteiger charge is -2.18. The van der Waals surface area contributed by atoms with Crippen molar-refractivity contribution in [2.75, 3.05) is 12.4 Å². The van der Waals surface area contributed by atoms with Gasteiger partial charge < -0.3 is 9.47 Å². The highest BCUT2D eigenvalue weighted by Crippen LogP contribution is 2.22. The third kappa shape index (κ3) is 9.22. The van der Waals surface area contributed by atoms with Gasteiger partial charge in [-0.1, -0.05) is 81.5 Å². The molecule has 2 rings (SSSR count). The van der Waals surface area contributed by atoms with E-state index in [0.29, 0.717) is 24.0 Å². The molecule has 0 aliphatic rings. The molecule has 2 aromatic rings. The molecule has 0 radical (unpaired) electrons. The maximum atomic E-state index is 12.1. The van der Waals surface area contributed by atoms with E-state index in [1.54, 1.807) is 6.92 Å². The standard InChI is InChI=1S/C29H36O4S/c1-5-6-7-8-23-9-13-25(14-10-23)26-15-11-24(12-16-26)19-27(33-28(30)21(2)3)17-18-32-29(31)22(4)20-34/h9-16,27,34H,2,4-8,17-20H2,1,3H3. The smallest absolute Gasteiger partial charge is 0.334 e. The van der Waals surface area contributed by atoms with Crippen molar-refractivity contribution in [2.45, 2.75) is 58.5 Å². The second-order valence-electron chi connectivity index (χ2n) is 8.55. The molecule has 5 heteroatoms. The Bertz CT molecular complexity index is 961.